The summed E-state index contributed by atoms with van der Waals surface area (Å²) in [5, 5.41) is 2.55. The Hall–Kier alpha value is -2.08. The lowest BCUT2D eigenvalue weighted by atomic mass is 9.97. The van der Waals surface area contributed by atoms with E-state index in [4.69, 9.17) is 0 Å². The molecule has 0 amide bonds. The summed E-state index contributed by atoms with van der Waals surface area (Å²) >= 11 is 0. The van der Waals surface area contributed by atoms with Gasteiger partial charge in [-0.2, -0.15) is 0 Å². The molecule has 2 rings (SSSR count). The molecule has 2 aromatic carbocycles. The number of fused-ring (bicyclic) bond motifs is 1. The minimum absolute atomic E-state index is 1.19. The topological polar surface area (TPSA) is 0 Å². The smallest absolute Gasteiger partial charge is 0.0105 e. The molecule has 0 saturated heterocycles. The Morgan fingerprint density at radius 2 is 1.82 bits per heavy atom. The molecule has 0 aromatic heterocycles. The Kier molecular flexibility index (Phi) is 3.56. The van der Waals surface area contributed by atoms with Crippen molar-refractivity contribution in [2.45, 2.75) is 6.92 Å². The molecule has 0 nitrogen and oxygen atoms in total. The number of benzene rings is 2. The van der Waals surface area contributed by atoms with Crippen LogP contribution in [0.4, 0.5) is 0 Å². The molecule has 0 saturated carbocycles. The van der Waals surface area contributed by atoms with Crippen molar-refractivity contribution in [1.82, 2.24) is 0 Å². The van der Waals surface area contributed by atoms with E-state index in [0.29, 0.717) is 0 Å². The largest absolute Gasteiger partial charge is 0.0990 e. The zero-order chi connectivity index (χ0) is 12.1. The molecule has 0 heterocycles. The van der Waals surface area contributed by atoms with Crippen LogP contribution in [0.3, 0.4) is 0 Å². The van der Waals surface area contributed by atoms with Crippen molar-refractivity contribution in [3.63, 3.8) is 0 Å². The maximum Gasteiger partial charge on any atom is -0.0105 e. The van der Waals surface area contributed by atoms with Gasteiger partial charge in [0.1, 0.15) is 0 Å². The highest BCUT2D eigenvalue weighted by molar-refractivity contribution is 5.96. The van der Waals surface area contributed by atoms with Crippen molar-refractivity contribution in [1.29, 1.82) is 0 Å². The summed E-state index contributed by atoms with van der Waals surface area (Å²) in [6.07, 6.45) is 8.04. The van der Waals surface area contributed by atoms with E-state index >= 15 is 0 Å². The molecular formula is C17H16. The van der Waals surface area contributed by atoms with E-state index in [1.165, 1.54) is 21.9 Å². The molecule has 0 aliphatic rings. The first-order valence-corrected chi connectivity index (χ1v) is 5.80. The van der Waals surface area contributed by atoms with Gasteiger partial charge in [-0.1, -0.05) is 73.3 Å². The number of hydrogen-bond donors (Lipinski definition) is 0. The van der Waals surface area contributed by atoms with Crippen LogP contribution in [0.1, 0.15) is 12.5 Å². The molecule has 17 heavy (non-hydrogen) atoms. The van der Waals surface area contributed by atoms with E-state index < -0.39 is 0 Å². The summed E-state index contributed by atoms with van der Waals surface area (Å²) in [5.74, 6) is 0. The lowest BCUT2D eigenvalue weighted by Gasteiger charge is -2.07. The van der Waals surface area contributed by atoms with E-state index in [2.05, 4.69) is 61.2 Å². The Balaban J connectivity index is 2.69. The first kappa shape index (κ1) is 11.4. The van der Waals surface area contributed by atoms with E-state index in [-0.39, 0.29) is 0 Å². The maximum atomic E-state index is 3.78. The zero-order valence-electron chi connectivity index (χ0n) is 10.1. The van der Waals surface area contributed by atoms with E-state index in [9.17, 15) is 0 Å². The van der Waals surface area contributed by atoms with Crippen molar-refractivity contribution >= 4 is 16.3 Å². The van der Waals surface area contributed by atoms with Crippen molar-refractivity contribution < 1.29 is 0 Å². The van der Waals surface area contributed by atoms with Crippen LogP contribution in [0.15, 0.2) is 73.3 Å². The fourth-order valence-corrected chi connectivity index (χ4v) is 2.02. The molecule has 0 unspecified atom stereocenters. The van der Waals surface area contributed by atoms with Crippen LogP contribution in [0.25, 0.3) is 16.3 Å². The van der Waals surface area contributed by atoms with Crippen LogP contribution in [0, 0.1) is 0 Å². The van der Waals surface area contributed by atoms with Crippen LogP contribution < -0.4 is 0 Å². The summed E-state index contributed by atoms with van der Waals surface area (Å²) in [6.45, 7) is 5.81. The highest BCUT2D eigenvalue weighted by atomic mass is 14.1. The van der Waals surface area contributed by atoms with Crippen LogP contribution >= 0.6 is 0 Å². The molecule has 0 heteroatoms. The molecule has 0 N–H and O–H groups in total. The minimum atomic E-state index is 1.19. The second kappa shape index (κ2) is 5.31. The van der Waals surface area contributed by atoms with Crippen molar-refractivity contribution in [2.24, 2.45) is 0 Å². The quantitative estimate of drug-likeness (QED) is 0.639. The molecule has 84 valence electrons. The standard InChI is InChI=1S/C17H16/c1-3-8-14(9-4-2)17-13-7-11-15-10-5-6-12-16(15)17/h3-13H,1H2,2H3. The number of allylic oxidation sites excluding steroid dienone is 5. The van der Waals surface area contributed by atoms with Crippen LogP contribution in [-0.2, 0) is 0 Å². The van der Waals surface area contributed by atoms with Gasteiger partial charge in [-0.05, 0) is 28.8 Å². The van der Waals surface area contributed by atoms with Gasteiger partial charge < -0.3 is 0 Å². The van der Waals surface area contributed by atoms with E-state index in [1.807, 2.05) is 19.1 Å². The summed E-state index contributed by atoms with van der Waals surface area (Å²) in [4.78, 5) is 0. The number of hydrogen-bond acceptors (Lipinski definition) is 0. The SMILES string of the molecule is C=CC=C(C=CC)c1cccc2ccccc12. The van der Waals surface area contributed by atoms with Crippen molar-refractivity contribution in [3.05, 3.63) is 78.9 Å². The van der Waals surface area contributed by atoms with Gasteiger partial charge in [0.2, 0.25) is 0 Å². The average molecular weight is 220 g/mol. The van der Waals surface area contributed by atoms with Crippen molar-refractivity contribution in [2.75, 3.05) is 0 Å². The summed E-state index contributed by atoms with van der Waals surface area (Å²) < 4.78 is 0. The van der Waals surface area contributed by atoms with Crippen molar-refractivity contribution in [3.8, 4) is 0 Å². The fourth-order valence-electron chi connectivity index (χ4n) is 2.02. The monoisotopic (exact) mass is 220 g/mol. The summed E-state index contributed by atoms with van der Waals surface area (Å²) in [6, 6.07) is 14.8. The van der Waals surface area contributed by atoms with Gasteiger partial charge in [0.15, 0.2) is 0 Å². The third kappa shape index (κ3) is 2.36. The molecule has 0 fully saturated rings. The van der Waals surface area contributed by atoms with Crippen LogP contribution in [-0.4, -0.2) is 0 Å². The van der Waals surface area contributed by atoms with Gasteiger partial charge in [0.05, 0.1) is 0 Å². The Morgan fingerprint density at radius 1 is 1.06 bits per heavy atom. The third-order valence-corrected chi connectivity index (χ3v) is 2.74. The molecule has 0 bridgehead atoms. The Morgan fingerprint density at radius 3 is 2.59 bits per heavy atom. The lowest BCUT2D eigenvalue weighted by molar-refractivity contribution is 1.65. The normalized spacial score (nSPS) is 12.2. The van der Waals surface area contributed by atoms with Crippen LogP contribution in [0.2, 0.25) is 0 Å². The predicted octanol–water partition coefficient (Wildman–Crippen LogP) is 4.99. The van der Waals surface area contributed by atoms with Gasteiger partial charge >= 0.3 is 0 Å². The highest BCUT2D eigenvalue weighted by Gasteiger charge is 2.02. The molecule has 2 aromatic rings. The molecule has 0 spiro atoms. The minimum Gasteiger partial charge on any atom is -0.0990 e. The van der Waals surface area contributed by atoms with Gasteiger partial charge in [-0.3, -0.25) is 0 Å². The predicted molar refractivity (Wildman–Crippen MR) is 76.9 cm³/mol. The zero-order valence-corrected chi connectivity index (χ0v) is 10.1. The van der Waals surface area contributed by atoms with Crippen LogP contribution in [0.5, 0.6) is 0 Å². The highest BCUT2D eigenvalue weighted by Crippen LogP contribution is 2.25. The van der Waals surface area contributed by atoms with E-state index in [0.717, 1.165) is 0 Å². The average Bonchev–Trinajstić information content (AvgIpc) is 2.38. The summed E-state index contributed by atoms with van der Waals surface area (Å²) in [7, 11) is 0. The lowest BCUT2D eigenvalue weighted by Crippen LogP contribution is -1.83. The molecule has 0 atom stereocenters. The van der Waals surface area contributed by atoms with Gasteiger partial charge in [0, 0.05) is 0 Å². The van der Waals surface area contributed by atoms with Gasteiger partial charge in [-0.25, -0.2) is 0 Å². The molecule has 0 aliphatic carbocycles. The summed E-state index contributed by atoms with van der Waals surface area (Å²) in [5.41, 5.74) is 2.44. The van der Waals surface area contributed by atoms with Gasteiger partial charge in [-0.15, -0.1) is 0 Å². The first-order valence-electron chi connectivity index (χ1n) is 5.80. The maximum absolute atomic E-state index is 3.78. The molecule has 0 aliphatic heterocycles. The fraction of sp³-hybridized carbons (Fsp3) is 0.0588. The molecule has 0 radical (unpaired) electrons. The van der Waals surface area contributed by atoms with Gasteiger partial charge in [0.25, 0.3) is 0 Å². The second-order valence-corrected chi connectivity index (χ2v) is 3.88. The second-order valence-electron chi connectivity index (χ2n) is 3.88. The molecular weight excluding hydrogens is 204 g/mol. The van der Waals surface area contributed by atoms with E-state index in [1.54, 1.807) is 0 Å². The Labute approximate surface area is 103 Å². The Bertz CT molecular complexity index is 581. The first-order chi connectivity index (χ1) is 8.36. The number of rotatable bonds is 3. The third-order valence-electron chi connectivity index (χ3n) is 2.74.